The van der Waals surface area contributed by atoms with E-state index >= 15 is 0 Å². The van der Waals surface area contributed by atoms with Crippen LogP contribution in [0.15, 0.2) is 42.5 Å². The Morgan fingerprint density at radius 1 is 1.15 bits per heavy atom. The van der Waals surface area contributed by atoms with Gasteiger partial charge in [0.2, 0.25) is 0 Å². The normalized spacial score (nSPS) is 23.7. The Morgan fingerprint density at radius 2 is 1.91 bits per heavy atom. The SMILES string of the molecule is CCOC(=O)C1CCC2(CC1)Oc1cc(-c3cccc(C#N)c3)ccc1C(=O)C2CCC#N. The zero-order chi connectivity index (χ0) is 23.4. The zero-order valence-electron chi connectivity index (χ0n) is 18.7. The number of nitrogens with zero attached hydrogens (tertiary/aromatic N) is 2. The number of benzene rings is 2. The van der Waals surface area contributed by atoms with E-state index in [2.05, 4.69) is 12.1 Å². The highest BCUT2D eigenvalue weighted by atomic mass is 16.5. The summed E-state index contributed by atoms with van der Waals surface area (Å²) < 4.78 is 11.8. The fourth-order valence-electron chi connectivity index (χ4n) is 5.13. The Labute approximate surface area is 193 Å². The van der Waals surface area contributed by atoms with Gasteiger partial charge in [0.05, 0.1) is 41.7 Å². The number of hydrogen-bond donors (Lipinski definition) is 0. The van der Waals surface area contributed by atoms with Gasteiger partial charge in [0.25, 0.3) is 0 Å². The van der Waals surface area contributed by atoms with Crippen molar-refractivity contribution in [3.05, 3.63) is 53.6 Å². The van der Waals surface area contributed by atoms with Crippen LogP contribution >= 0.6 is 0 Å². The van der Waals surface area contributed by atoms with Crippen molar-refractivity contribution in [2.75, 3.05) is 6.61 Å². The van der Waals surface area contributed by atoms with Crippen LogP contribution in [0.4, 0.5) is 0 Å². The van der Waals surface area contributed by atoms with E-state index in [1.807, 2.05) is 30.3 Å². The van der Waals surface area contributed by atoms with Gasteiger partial charge in [-0.25, -0.2) is 0 Å². The third-order valence-electron chi connectivity index (χ3n) is 6.83. The predicted octanol–water partition coefficient (Wildman–Crippen LogP) is 5.21. The summed E-state index contributed by atoms with van der Waals surface area (Å²) in [5.41, 5.74) is 2.10. The summed E-state index contributed by atoms with van der Waals surface area (Å²) in [4.78, 5) is 25.8. The Morgan fingerprint density at radius 3 is 2.61 bits per heavy atom. The van der Waals surface area contributed by atoms with E-state index in [1.54, 1.807) is 19.1 Å². The van der Waals surface area contributed by atoms with Gasteiger partial charge in [0.15, 0.2) is 5.78 Å². The Balaban J connectivity index is 1.67. The van der Waals surface area contributed by atoms with Crippen LogP contribution in [0.1, 0.15) is 61.4 Å². The van der Waals surface area contributed by atoms with E-state index in [0.29, 0.717) is 55.6 Å². The Kier molecular flexibility index (Phi) is 6.47. The second kappa shape index (κ2) is 9.46. The molecule has 2 aromatic rings. The second-order valence-electron chi connectivity index (χ2n) is 8.71. The number of esters is 1. The number of carbonyl (C=O) groups is 2. The molecule has 1 heterocycles. The van der Waals surface area contributed by atoms with Gasteiger partial charge in [-0.2, -0.15) is 10.5 Å². The standard InChI is InChI=1S/C27H26N2O4/c1-2-32-26(31)19-10-12-27(13-11-19)23(7-4-14-28)25(30)22-9-8-21(16-24(22)33-27)20-6-3-5-18(15-20)17-29/h3,5-6,8-9,15-16,19,23H,2,4,7,10-13H2,1H3. The van der Waals surface area contributed by atoms with Gasteiger partial charge in [-0.3, -0.25) is 9.59 Å². The van der Waals surface area contributed by atoms with Crippen molar-refractivity contribution >= 4 is 11.8 Å². The summed E-state index contributed by atoms with van der Waals surface area (Å²) in [6, 6.07) is 17.1. The summed E-state index contributed by atoms with van der Waals surface area (Å²) in [6.07, 6.45) is 3.02. The van der Waals surface area contributed by atoms with Crippen molar-refractivity contribution in [2.24, 2.45) is 11.8 Å². The quantitative estimate of drug-likeness (QED) is 0.589. The van der Waals surface area contributed by atoms with Crippen molar-refractivity contribution in [1.82, 2.24) is 0 Å². The lowest BCUT2D eigenvalue weighted by atomic mass is 9.67. The molecule has 1 spiro atoms. The predicted molar refractivity (Wildman–Crippen MR) is 121 cm³/mol. The van der Waals surface area contributed by atoms with Crippen molar-refractivity contribution < 1.29 is 19.1 Å². The summed E-state index contributed by atoms with van der Waals surface area (Å²) in [6.45, 7) is 2.15. The number of ketones is 1. The van der Waals surface area contributed by atoms with Crippen molar-refractivity contribution in [3.8, 4) is 29.0 Å². The van der Waals surface area contributed by atoms with E-state index in [4.69, 9.17) is 14.7 Å². The van der Waals surface area contributed by atoms with Crippen molar-refractivity contribution in [3.63, 3.8) is 0 Å². The monoisotopic (exact) mass is 442 g/mol. The molecule has 0 saturated heterocycles. The maximum absolute atomic E-state index is 13.5. The Bertz CT molecular complexity index is 1150. The average molecular weight is 443 g/mol. The van der Waals surface area contributed by atoms with E-state index in [0.717, 1.165) is 11.1 Å². The summed E-state index contributed by atoms with van der Waals surface area (Å²) >= 11 is 0. The number of Topliss-reactive ketones (excluding diaryl/α,β-unsaturated/α-hetero) is 1. The van der Waals surface area contributed by atoms with Gasteiger partial charge >= 0.3 is 5.97 Å². The summed E-state index contributed by atoms with van der Waals surface area (Å²) in [7, 11) is 0. The molecule has 1 aliphatic heterocycles. The molecule has 6 heteroatoms. The molecule has 1 saturated carbocycles. The van der Waals surface area contributed by atoms with Crippen LogP contribution in [0.2, 0.25) is 0 Å². The highest BCUT2D eigenvalue weighted by Gasteiger charge is 2.51. The third kappa shape index (κ3) is 4.34. The first-order valence-corrected chi connectivity index (χ1v) is 11.4. The smallest absolute Gasteiger partial charge is 0.308 e. The highest BCUT2D eigenvalue weighted by Crippen LogP contribution is 2.48. The van der Waals surface area contributed by atoms with Crippen molar-refractivity contribution in [2.45, 2.75) is 51.0 Å². The molecule has 0 aromatic heterocycles. The van der Waals surface area contributed by atoms with Gasteiger partial charge in [-0.05, 0) is 74.4 Å². The minimum absolute atomic E-state index is 0.00147. The van der Waals surface area contributed by atoms with E-state index in [-0.39, 0.29) is 24.1 Å². The van der Waals surface area contributed by atoms with Gasteiger partial charge in [0, 0.05) is 6.42 Å². The minimum Gasteiger partial charge on any atom is -0.486 e. The van der Waals surface area contributed by atoms with Crippen LogP contribution in [0, 0.1) is 34.5 Å². The number of ether oxygens (including phenoxy) is 2. The summed E-state index contributed by atoms with van der Waals surface area (Å²) in [5.74, 6) is -0.267. The van der Waals surface area contributed by atoms with Crippen LogP contribution in [-0.4, -0.2) is 24.0 Å². The molecule has 1 unspecified atom stereocenters. The van der Waals surface area contributed by atoms with Crippen LogP contribution in [-0.2, 0) is 9.53 Å². The van der Waals surface area contributed by atoms with E-state index < -0.39 is 11.5 Å². The maximum atomic E-state index is 13.5. The van der Waals surface area contributed by atoms with Crippen LogP contribution in [0.5, 0.6) is 5.75 Å². The topological polar surface area (TPSA) is 100 Å². The zero-order valence-corrected chi connectivity index (χ0v) is 18.7. The fourth-order valence-corrected chi connectivity index (χ4v) is 5.13. The number of fused-ring (bicyclic) bond motifs is 1. The largest absolute Gasteiger partial charge is 0.486 e. The molecule has 0 N–H and O–H groups in total. The number of nitriles is 2. The molecule has 33 heavy (non-hydrogen) atoms. The molecule has 6 nitrogen and oxygen atoms in total. The first kappa shape index (κ1) is 22.6. The van der Waals surface area contributed by atoms with Crippen LogP contribution in [0.3, 0.4) is 0 Å². The first-order chi connectivity index (χ1) is 16.0. The van der Waals surface area contributed by atoms with Crippen LogP contribution in [0.25, 0.3) is 11.1 Å². The number of rotatable bonds is 5. The number of hydrogen-bond acceptors (Lipinski definition) is 6. The molecule has 2 aliphatic rings. The molecule has 1 atom stereocenters. The van der Waals surface area contributed by atoms with Crippen LogP contribution < -0.4 is 4.74 Å². The van der Waals surface area contributed by atoms with Gasteiger partial charge in [0.1, 0.15) is 11.4 Å². The molecular weight excluding hydrogens is 416 g/mol. The minimum atomic E-state index is -0.725. The number of carbonyl (C=O) groups excluding carboxylic acids is 2. The molecular formula is C27H26N2O4. The Hall–Kier alpha value is -3.64. The fraction of sp³-hybridized carbons (Fsp3) is 0.407. The first-order valence-electron chi connectivity index (χ1n) is 11.4. The third-order valence-corrected chi connectivity index (χ3v) is 6.83. The summed E-state index contributed by atoms with van der Waals surface area (Å²) in [5, 5.41) is 18.4. The highest BCUT2D eigenvalue weighted by molar-refractivity contribution is 6.02. The lowest BCUT2D eigenvalue weighted by Gasteiger charge is -2.47. The molecule has 0 bridgehead atoms. The molecule has 1 aliphatic carbocycles. The van der Waals surface area contributed by atoms with Crippen molar-refractivity contribution in [1.29, 1.82) is 10.5 Å². The maximum Gasteiger partial charge on any atom is 0.308 e. The molecule has 0 amide bonds. The second-order valence-corrected chi connectivity index (χ2v) is 8.71. The molecule has 0 radical (unpaired) electrons. The lowest BCUT2D eigenvalue weighted by Crippen LogP contribution is -2.53. The molecule has 4 rings (SSSR count). The van der Waals surface area contributed by atoms with Gasteiger partial charge in [-0.15, -0.1) is 0 Å². The molecule has 2 aromatic carbocycles. The molecule has 1 fully saturated rings. The van der Waals surface area contributed by atoms with E-state index in [1.165, 1.54) is 0 Å². The molecule has 168 valence electrons. The van der Waals surface area contributed by atoms with Gasteiger partial charge in [-0.1, -0.05) is 18.2 Å². The lowest BCUT2D eigenvalue weighted by molar-refractivity contribution is -0.151. The average Bonchev–Trinajstić information content (AvgIpc) is 2.84. The van der Waals surface area contributed by atoms with E-state index in [9.17, 15) is 14.9 Å². The van der Waals surface area contributed by atoms with Gasteiger partial charge < -0.3 is 9.47 Å².